The molecule has 1 aromatic rings. The molecule has 1 fully saturated rings. The van der Waals surface area contributed by atoms with E-state index in [4.69, 9.17) is 4.74 Å². The fourth-order valence-corrected chi connectivity index (χ4v) is 3.49. The fourth-order valence-electron chi connectivity index (χ4n) is 3.49. The third-order valence-electron chi connectivity index (χ3n) is 4.51. The zero-order valence-corrected chi connectivity index (χ0v) is 11.2. The van der Waals surface area contributed by atoms with E-state index in [2.05, 4.69) is 29.6 Å². The number of hydrogen-bond acceptors (Lipinski definition) is 2. The topological polar surface area (TPSA) is 21.3 Å². The molecule has 0 spiro atoms. The van der Waals surface area contributed by atoms with Gasteiger partial charge in [0.2, 0.25) is 0 Å². The molecule has 0 aromatic heterocycles. The molecule has 0 radical (unpaired) electrons. The molecule has 18 heavy (non-hydrogen) atoms. The van der Waals surface area contributed by atoms with E-state index < -0.39 is 0 Å². The van der Waals surface area contributed by atoms with Crippen LogP contribution in [-0.4, -0.2) is 19.8 Å². The molecule has 1 N–H and O–H groups in total. The van der Waals surface area contributed by atoms with Crippen molar-refractivity contribution in [2.75, 3.05) is 13.7 Å². The summed E-state index contributed by atoms with van der Waals surface area (Å²) in [4.78, 5) is 0. The number of hydrogen-bond donors (Lipinski definition) is 1. The van der Waals surface area contributed by atoms with Gasteiger partial charge in [-0.1, -0.05) is 37.1 Å². The molecule has 3 rings (SSSR count). The second-order valence-electron chi connectivity index (χ2n) is 5.69. The summed E-state index contributed by atoms with van der Waals surface area (Å²) in [5, 5.41) is 3.42. The van der Waals surface area contributed by atoms with E-state index in [1.165, 1.54) is 36.8 Å². The molecule has 2 nitrogen and oxygen atoms in total. The van der Waals surface area contributed by atoms with Crippen molar-refractivity contribution in [3.05, 3.63) is 35.4 Å². The number of nitrogens with one attached hydrogen (secondary N) is 1. The molecular formula is C16H23NO. The molecule has 0 amide bonds. The minimum atomic E-state index is 0.327. The van der Waals surface area contributed by atoms with Crippen LogP contribution in [0.2, 0.25) is 0 Å². The van der Waals surface area contributed by atoms with Crippen LogP contribution in [0.25, 0.3) is 0 Å². The van der Waals surface area contributed by atoms with E-state index in [1.807, 2.05) is 7.05 Å². The minimum Gasteiger partial charge on any atom is -0.376 e. The van der Waals surface area contributed by atoms with Crippen LogP contribution in [0, 0.1) is 5.92 Å². The van der Waals surface area contributed by atoms with Crippen molar-refractivity contribution in [2.24, 2.45) is 5.92 Å². The maximum atomic E-state index is 6.21. The largest absolute Gasteiger partial charge is 0.376 e. The monoisotopic (exact) mass is 245 g/mol. The Kier molecular flexibility index (Phi) is 3.67. The number of likely N-dealkylation sites (N-methyl/N-ethyl adjacent to an activating group) is 1. The van der Waals surface area contributed by atoms with Crippen LogP contribution in [0.1, 0.15) is 42.9 Å². The normalized spacial score (nSPS) is 27.6. The van der Waals surface area contributed by atoms with Gasteiger partial charge in [-0.3, -0.25) is 0 Å². The molecule has 1 aromatic carbocycles. The molecular weight excluding hydrogens is 222 g/mol. The lowest BCUT2D eigenvalue weighted by Crippen LogP contribution is -2.29. The van der Waals surface area contributed by atoms with Crippen LogP contribution in [-0.2, 0) is 11.2 Å². The summed E-state index contributed by atoms with van der Waals surface area (Å²) >= 11 is 0. The Morgan fingerprint density at radius 1 is 1.22 bits per heavy atom. The van der Waals surface area contributed by atoms with E-state index >= 15 is 0 Å². The highest BCUT2D eigenvalue weighted by Crippen LogP contribution is 2.34. The Balaban J connectivity index is 1.63. The van der Waals surface area contributed by atoms with Gasteiger partial charge in [-0.2, -0.15) is 0 Å². The van der Waals surface area contributed by atoms with E-state index in [0.29, 0.717) is 12.1 Å². The first-order chi connectivity index (χ1) is 8.88. The van der Waals surface area contributed by atoms with Gasteiger partial charge < -0.3 is 10.1 Å². The maximum absolute atomic E-state index is 6.21. The lowest BCUT2D eigenvalue weighted by atomic mass is 10.1. The second kappa shape index (κ2) is 5.41. The molecule has 2 heteroatoms. The van der Waals surface area contributed by atoms with Crippen molar-refractivity contribution >= 4 is 0 Å². The van der Waals surface area contributed by atoms with Gasteiger partial charge in [-0.05, 0) is 36.9 Å². The highest BCUT2D eigenvalue weighted by molar-refractivity contribution is 5.36. The minimum absolute atomic E-state index is 0.327. The molecule has 0 heterocycles. The van der Waals surface area contributed by atoms with Crippen molar-refractivity contribution in [3.8, 4) is 0 Å². The highest BCUT2D eigenvalue weighted by Gasteiger charge is 2.32. The van der Waals surface area contributed by atoms with Gasteiger partial charge in [0.05, 0.1) is 12.1 Å². The SMILES string of the molecule is CNC1c2ccccc2CC1OCC1CCCC1. The first kappa shape index (κ1) is 12.2. The average molecular weight is 245 g/mol. The molecule has 2 aliphatic carbocycles. The summed E-state index contributed by atoms with van der Waals surface area (Å²) in [6.45, 7) is 0.955. The number of ether oxygens (including phenoxy) is 1. The Hall–Kier alpha value is -0.860. The summed E-state index contributed by atoms with van der Waals surface area (Å²) in [5.41, 5.74) is 2.88. The quantitative estimate of drug-likeness (QED) is 0.880. The van der Waals surface area contributed by atoms with Gasteiger partial charge >= 0.3 is 0 Å². The maximum Gasteiger partial charge on any atom is 0.0810 e. The van der Waals surface area contributed by atoms with Crippen LogP contribution >= 0.6 is 0 Å². The first-order valence-corrected chi connectivity index (χ1v) is 7.25. The lowest BCUT2D eigenvalue weighted by Gasteiger charge is -2.22. The Labute approximate surface area is 110 Å². The molecule has 2 aliphatic rings. The predicted molar refractivity (Wildman–Crippen MR) is 73.6 cm³/mol. The predicted octanol–water partition coefficient (Wildman–Crippen LogP) is 3.08. The fraction of sp³-hybridized carbons (Fsp3) is 0.625. The molecule has 0 aliphatic heterocycles. The van der Waals surface area contributed by atoms with Crippen LogP contribution in [0.15, 0.2) is 24.3 Å². The zero-order valence-electron chi connectivity index (χ0n) is 11.2. The Morgan fingerprint density at radius 3 is 2.78 bits per heavy atom. The molecule has 98 valence electrons. The standard InChI is InChI=1S/C16H23NO/c1-17-16-14-9-5-4-8-13(14)10-15(16)18-11-12-6-2-3-7-12/h4-5,8-9,12,15-17H,2-3,6-7,10-11H2,1H3. The summed E-state index contributed by atoms with van der Waals surface area (Å²) in [7, 11) is 2.04. The average Bonchev–Trinajstić information content (AvgIpc) is 3.03. The van der Waals surface area contributed by atoms with Crippen LogP contribution in [0.5, 0.6) is 0 Å². The van der Waals surface area contributed by atoms with E-state index in [0.717, 1.165) is 18.9 Å². The van der Waals surface area contributed by atoms with Crippen molar-refractivity contribution in [2.45, 2.75) is 44.2 Å². The summed E-state index contributed by atoms with van der Waals surface area (Å²) in [5.74, 6) is 0.811. The van der Waals surface area contributed by atoms with Gasteiger partial charge in [0.15, 0.2) is 0 Å². The van der Waals surface area contributed by atoms with Crippen molar-refractivity contribution in [1.82, 2.24) is 5.32 Å². The van der Waals surface area contributed by atoms with Crippen LogP contribution in [0.4, 0.5) is 0 Å². The summed E-state index contributed by atoms with van der Waals surface area (Å²) < 4.78 is 6.21. The van der Waals surface area contributed by atoms with Crippen LogP contribution in [0.3, 0.4) is 0 Å². The van der Waals surface area contributed by atoms with E-state index in [-0.39, 0.29) is 0 Å². The number of rotatable bonds is 4. The van der Waals surface area contributed by atoms with Gasteiger partial charge in [-0.15, -0.1) is 0 Å². The van der Waals surface area contributed by atoms with Crippen molar-refractivity contribution in [1.29, 1.82) is 0 Å². The van der Waals surface area contributed by atoms with Gasteiger partial charge in [-0.25, -0.2) is 0 Å². The third-order valence-corrected chi connectivity index (χ3v) is 4.51. The van der Waals surface area contributed by atoms with Gasteiger partial charge in [0.1, 0.15) is 0 Å². The lowest BCUT2D eigenvalue weighted by molar-refractivity contribution is 0.0158. The third kappa shape index (κ3) is 2.32. The molecule has 0 saturated heterocycles. The van der Waals surface area contributed by atoms with Crippen molar-refractivity contribution < 1.29 is 4.74 Å². The smallest absolute Gasteiger partial charge is 0.0810 e. The second-order valence-corrected chi connectivity index (χ2v) is 5.69. The highest BCUT2D eigenvalue weighted by atomic mass is 16.5. The molecule has 0 bridgehead atoms. The molecule has 2 unspecified atom stereocenters. The number of benzene rings is 1. The van der Waals surface area contributed by atoms with Gasteiger partial charge in [0.25, 0.3) is 0 Å². The van der Waals surface area contributed by atoms with Crippen molar-refractivity contribution in [3.63, 3.8) is 0 Å². The summed E-state index contributed by atoms with van der Waals surface area (Å²) in [6.07, 6.45) is 6.92. The number of fused-ring (bicyclic) bond motifs is 1. The van der Waals surface area contributed by atoms with E-state index in [9.17, 15) is 0 Å². The zero-order chi connectivity index (χ0) is 12.4. The van der Waals surface area contributed by atoms with Gasteiger partial charge in [0, 0.05) is 13.0 Å². The van der Waals surface area contributed by atoms with E-state index in [1.54, 1.807) is 0 Å². The first-order valence-electron chi connectivity index (χ1n) is 7.25. The molecule has 2 atom stereocenters. The summed E-state index contributed by atoms with van der Waals surface area (Å²) in [6, 6.07) is 9.10. The molecule has 1 saturated carbocycles. The Bertz CT molecular complexity index is 398. The Morgan fingerprint density at radius 2 is 2.00 bits per heavy atom. The van der Waals surface area contributed by atoms with Crippen LogP contribution < -0.4 is 5.32 Å².